The molecule has 0 saturated heterocycles. The number of hydrogen-bond acceptors (Lipinski definition) is 4. The molecule has 0 aromatic carbocycles. The molecule has 4 aliphatic rings. The standard InChI is InChI=1S/C24H35NO4/c1-5-20(27)29-21(28)16-6-7-17-22(2)11-9-18-23(3,13-10-19(26)25-18)15(14-22)8-12-24(16,17)4/h10,13,15-18H,5-9,11-12,14H2,1-4H3,(H,25,26)/t15-,16+,17-,18+,22+,23+,24+/m0/s1. The van der Waals surface area contributed by atoms with Crippen LogP contribution in [-0.2, 0) is 19.1 Å². The van der Waals surface area contributed by atoms with Gasteiger partial charge in [0.05, 0.1) is 5.92 Å². The van der Waals surface area contributed by atoms with Crippen LogP contribution in [-0.4, -0.2) is 23.9 Å². The van der Waals surface area contributed by atoms with E-state index in [4.69, 9.17) is 4.74 Å². The van der Waals surface area contributed by atoms with Crippen LogP contribution in [0.5, 0.6) is 0 Å². The van der Waals surface area contributed by atoms with Crippen LogP contribution in [0.25, 0.3) is 0 Å². The van der Waals surface area contributed by atoms with Crippen LogP contribution in [0.4, 0.5) is 0 Å². The second kappa shape index (κ2) is 6.95. The van der Waals surface area contributed by atoms with Gasteiger partial charge in [-0.05, 0) is 73.7 Å². The van der Waals surface area contributed by atoms with Gasteiger partial charge in [-0.1, -0.05) is 33.8 Å². The normalized spacial score (nSPS) is 46.0. The van der Waals surface area contributed by atoms with E-state index in [1.54, 1.807) is 13.0 Å². The van der Waals surface area contributed by atoms with Crippen molar-refractivity contribution < 1.29 is 19.1 Å². The number of rotatable bonds is 2. The Balaban J connectivity index is 1.66. The lowest BCUT2D eigenvalue weighted by Gasteiger charge is -2.44. The maximum atomic E-state index is 12.9. The molecule has 0 aromatic heterocycles. The van der Waals surface area contributed by atoms with E-state index >= 15 is 0 Å². The number of amides is 1. The Kier molecular flexibility index (Phi) is 4.94. The van der Waals surface area contributed by atoms with Crippen molar-refractivity contribution in [2.45, 2.75) is 85.1 Å². The smallest absolute Gasteiger partial charge is 0.317 e. The largest absolute Gasteiger partial charge is 0.393 e. The number of ether oxygens (including phenoxy) is 1. The average Bonchev–Trinajstić information content (AvgIpc) is 2.92. The predicted octanol–water partition coefficient (Wildman–Crippen LogP) is 4.16. The van der Waals surface area contributed by atoms with Crippen molar-refractivity contribution in [2.24, 2.45) is 34.0 Å². The van der Waals surface area contributed by atoms with Crippen LogP contribution < -0.4 is 5.32 Å². The molecule has 29 heavy (non-hydrogen) atoms. The summed E-state index contributed by atoms with van der Waals surface area (Å²) in [6.45, 7) is 8.71. The molecule has 2 bridgehead atoms. The highest BCUT2D eigenvalue weighted by molar-refractivity contribution is 5.89. The van der Waals surface area contributed by atoms with E-state index < -0.39 is 5.97 Å². The van der Waals surface area contributed by atoms with Crippen molar-refractivity contribution in [2.75, 3.05) is 0 Å². The number of nitrogens with one attached hydrogen (secondary N) is 1. The summed E-state index contributed by atoms with van der Waals surface area (Å²) in [5, 5.41) is 3.24. The van der Waals surface area contributed by atoms with E-state index in [2.05, 4.69) is 32.2 Å². The van der Waals surface area contributed by atoms with Gasteiger partial charge in [-0.15, -0.1) is 0 Å². The van der Waals surface area contributed by atoms with Gasteiger partial charge in [0.2, 0.25) is 5.91 Å². The monoisotopic (exact) mass is 401 g/mol. The molecule has 0 unspecified atom stereocenters. The Morgan fingerprint density at radius 2 is 1.90 bits per heavy atom. The van der Waals surface area contributed by atoms with E-state index in [-0.39, 0.29) is 46.5 Å². The van der Waals surface area contributed by atoms with Gasteiger partial charge in [0.1, 0.15) is 0 Å². The first-order valence-electron chi connectivity index (χ1n) is 11.4. The highest BCUT2D eigenvalue weighted by Gasteiger charge is 2.61. The van der Waals surface area contributed by atoms with Crippen LogP contribution in [0.15, 0.2) is 12.2 Å². The molecular formula is C24H35NO4. The molecule has 1 amide bonds. The van der Waals surface area contributed by atoms with Gasteiger partial charge in [0.15, 0.2) is 0 Å². The Labute approximate surface area is 174 Å². The molecule has 1 N–H and O–H groups in total. The van der Waals surface area contributed by atoms with Gasteiger partial charge < -0.3 is 10.1 Å². The Hall–Kier alpha value is -1.65. The van der Waals surface area contributed by atoms with Gasteiger partial charge in [-0.2, -0.15) is 0 Å². The van der Waals surface area contributed by atoms with E-state index in [0.717, 1.165) is 44.9 Å². The van der Waals surface area contributed by atoms with Gasteiger partial charge in [0, 0.05) is 17.9 Å². The van der Waals surface area contributed by atoms with Gasteiger partial charge in [0.25, 0.3) is 0 Å². The average molecular weight is 402 g/mol. The maximum Gasteiger partial charge on any atom is 0.317 e. The summed E-state index contributed by atoms with van der Waals surface area (Å²) in [5.41, 5.74) is -0.0209. The summed E-state index contributed by atoms with van der Waals surface area (Å²) >= 11 is 0. The maximum absolute atomic E-state index is 12.9. The second-order valence-corrected chi connectivity index (χ2v) is 10.7. The zero-order valence-electron chi connectivity index (χ0n) is 18.3. The molecule has 1 heterocycles. The topological polar surface area (TPSA) is 72.5 Å². The summed E-state index contributed by atoms with van der Waals surface area (Å²) in [4.78, 5) is 36.6. The molecule has 1 aliphatic heterocycles. The Bertz CT molecular complexity index is 760. The molecule has 0 spiro atoms. The van der Waals surface area contributed by atoms with Crippen LogP contribution >= 0.6 is 0 Å². The highest BCUT2D eigenvalue weighted by atomic mass is 16.6. The lowest BCUT2D eigenvalue weighted by atomic mass is 9.60. The lowest BCUT2D eigenvalue weighted by Crippen LogP contribution is -2.51. The first kappa shape index (κ1) is 20.6. The van der Waals surface area contributed by atoms with Crippen molar-refractivity contribution in [1.82, 2.24) is 5.32 Å². The fraction of sp³-hybridized carbons (Fsp3) is 0.792. The van der Waals surface area contributed by atoms with Crippen molar-refractivity contribution in [3.05, 3.63) is 12.2 Å². The number of esters is 2. The molecule has 4 rings (SSSR count). The van der Waals surface area contributed by atoms with Gasteiger partial charge in [-0.3, -0.25) is 14.4 Å². The zero-order valence-corrected chi connectivity index (χ0v) is 18.3. The molecule has 7 atom stereocenters. The number of carbonyl (C=O) groups excluding carboxylic acids is 3. The highest BCUT2D eigenvalue weighted by Crippen LogP contribution is 2.66. The first-order valence-corrected chi connectivity index (χ1v) is 11.4. The summed E-state index contributed by atoms with van der Waals surface area (Å²) in [5.74, 6) is 0.0297. The number of hydrogen-bond donors (Lipinski definition) is 1. The van der Waals surface area contributed by atoms with E-state index in [0.29, 0.717) is 11.8 Å². The summed E-state index contributed by atoms with van der Waals surface area (Å²) in [6.07, 6.45) is 11.1. The lowest BCUT2D eigenvalue weighted by molar-refractivity contribution is -0.165. The van der Waals surface area contributed by atoms with Gasteiger partial charge in [-0.25, -0.2) is 0 Å². The minimum atomic E-state index is -0.420. The van der Waals surface area contributed by atoms with Gasteiger partial charge >= 0.3 is 11.9 Å². The van der Waals surface area contributed by atoms with E-state index in [1.807, 2.05) is 0 Å². The van der Waals surface area contributed by atoms with E-state index in [9.17, 15) is 14.4 Å². The number of fused-ring (bicyclic) bond motifs is 6. The third-order valence-electron chi connectivity index (χ3n) is 9.25. The molecule has 3 fully saturated rings. The van der Waals surface area contributed by atoms with Crippen molar-refractivity contribution in [1.29, 1.82) is 0 Å². The predicted molar refractivity (Wildman–Crippen MR) is 110 cm³/mol. The third-order valence-corrected chi connectivity index (χ3v) is 9.25. The second-order valence-electron chi connectivity index (χ2n) is 10.7. The molecule has 160 valence electrons. The molecule has 0 aromatic rings. The van der Waals surface area contributed by atoms with E-state index in [1.165, 1.54) is 0 Å². The van der Waals surface area contributed by atoms with Crippen LogP contribution in [0.2, 0.25) is 0 Å². The van der Waals surface area contributed by atoms with Crippen molar-refractivity contribution in [3.8, 4) is 0 Å². The molecular weight excluding hydrogens is 366 g/mol. The quantitative estimate of drug-likeness (QED) is 0.557. The van der Waals surface area contributed by atoms with Crippen LogP contribution in [0, 0.1) is 34.0 Å². The minimum absolute atomic E-state index is 0.0287. The zero-order chi connectivity index (χ0) is 21.0. The number of carbonyl (C=O) groups is 3. The molecule has 5 nitrogen and oxygen atoms in total. The first-order chi connectivity index (χ1) is 13.6. The molecule has 5 heteroatoms. The Morgan fingerprint density at radius 1 is 1.14 bits per heavy atom. The summed E-state index contributed by atoms with van der Waals surface area (Å²) in [7, 11) is 0. The van der Waals surface area contributed by atoms with Crippen LogP contribution in [0.1, 0.15) is 79.1 Å². The minimum Gasteiger partial charge on any atom is -0.393 e. The molecule has 3 saturated carbocycles. The Morgan fingerprint density at radius 3 is 2.62 bits per heavy atom. The fourth-order valence-corrected chi connectivity index (χ4v) is 7.50. The van der Waals surface area contributed by atoms with Crippen LogP contribution in [0.3, 0.4) is 0 Å². The van der Waals surface area contributed by atoms with Crippen molar-refractivity contribution in [3.63, 3.8) is 0 Å². The molecule has 0 radical (unpaired) electrons. The summed E-state index contributed by atoms with van der Waals surface area (Å²) < 4.78 is 5.19. The summed E-state index contributed by atoms with van der Waals surface area (Å²) in [6, 6.07) is 0.195. The SMILES string of the molecule is CCC(=O)OC(=O)[C@H]1CC[C@H]2[C@]3(C)CC[C@H]4NC(=O)C=C[C@]4(C)[C@@H](CC[C@]12C)C3. The van der Waals surface area contributed by atoms with Crippen molar-refractivity contribution >= 4 is 17.8 Å². The third kappa shape index (κ3) is 3.16. The fourth-order valence-electron chi connectivity index (χ4n) is 7.50. The molecule has 3 aliphatic carbocycles.